The predicted octanol–water partition coefficient (Wildman–Crippen LogP) is 1.74. The van der Waals surface area contributed by atoms with E-state index >= 15 is 0 Å². The molecule has 6 heteroatoms. The summed E-state index contributed by atoms with van der Waals surface area (Å²) in [6.45, 7) is 1.26. The average molecular weight is 264 g/mol. The van der Waals surface area contributed by atoms with E-state index in [2.05, 4.69) is 10.2 Å². The van der Waals surface area contributed by atoms with E-state index in [0.29, 0.717) is 29.2 Å². The lowest BCUT2D eigenvalue weighted by Crippen LogP contribution is -2.19. The number of nitrogens with zero attached hydrogens (tertiary/aromatic N) is 2. The molecule has 2 aromatic rings. The molecule has 0 aliphatic rings. The Bertz CT molecular complexity index is 540. The Balaban J connectivity index is 2.22. The van der Waals surface area contributed by atoms with E-state index in [4.69, 9.17) is 10.5 Å². The molecule has 0 aliphatic heterocycles. The number of aromatic nitrogens is 2. The molecule has 0 aliphatic carbocycles. The molecule has 1 aromatic carbocycles. The number of H-pyrrole nitrogens is 1. The Kier molecular flexibility index (Phi) is 4.01. The maximum Gasteiger partial charge on any atom is 0.143 e. The molecule has 0 saturated heterocycles. The van der Waals surface area contributed by atoms with Gasteiger partial charge in [-0.2, -0.15) is 5.10 Å². The minimum Gasteiger partial charge on any atom is -0.490 e. The van der Waals surface area contributed by atoms with E-state index in [1.165, 1.54) is 6.07 Å². The van der Waals surface area contributed by atoms with E-state index in [9.17, 15) is 4.39 Å². The minimum absolute atomic E-state index is 0.295. The molecule has 0 bridgehead atoms. The highest BCUT2D eigenvalue weighted by molar-refractivity contribution is 5.69. The summed E-state index contributed by atoms with van der Waals surface area (Å²) in [5, 5.41) is 6.46. The first-order valence-corrected chi connectivity index (χ1v) is 5.93. The molecule has 0 amide bonds. The van der Waals surface area contributed by atoms with Crippen molar-refractivity contribution in [1.82, 2.24) is 15.1 Å². The van der Waals surface area contributed by atoms with Crippen LogP contribution in [0.5, 0.6) is 5.75 Å². The Morgan fingerprint density at radius 1 is 1.42 bits per heavy atom. The van der Waals surface area contributed by atoms with Crippen molar-refractivity contribution in [1.29, 1.82) is 0 Å². The number of nitrogens with one attached hydrogen (secondary N) is 1. The first-order valence-electron chi connectivity index (χ1n) is 5.93. The van der Waals surface area contributed by atoms with Crippen LogP contribution in [-0.4, -0.2) is 42.3 Å². The van der Waals surface area contributed by atoms with Crippen molar-refractivity contribution in [2.75, 3.05) is 33.0 Å². The first-order chi connectivity index (χ1) is 9.08. The fraction of sp³-hybridized carbons (Fsp3) is 0.308. The normalized spacial score (nSPS) is 10.9. The molecule has 0 spiro atoms. The third-order valence-electron chi connectivity index (χ3n) is 2.70. The maximum absolute atomic E-state index is 13.9. The van der Waals surface area contributed by atoms with E-state index < -0.39 is 0 Å². The zero-order valence-corrected chi connectivity index (χ0v) is 11.0. The van der Waals surface area contributed by atoms with Crippen molar-refractivity contribution in [2.45, 2.75) is 0 Å². The van der Waals surface area contributed by atoms with E-state index in [1.807, 2.05) is 19.0 Å². The summed E-state index contributed by atoms with van der Waals surface area (Å²) in [7, 11) is 3.91. The average Bonchev–Trinajstić information content (AvgIpc) is 2.85. The Morgan fingerprint density at radius 3 is 2.84 bits per heavy atom. The molecule has 2 rings (SSSR count). The number of benzene rings is 1. The molecular weight excluding hydrogens is 247 g/mol. The molecule has 3 N–H and O–H groups in total. The zero-order valence-electron chi connectivity index (χ0n) is 11.0. The van der Waals surface area contributed by atoms with Gasteiger partial charge < -0.3 is 15.4 Å². The standard InChI is InChI=1S/C13H17FN4O/c1-18(2)3-4-19-13-5-10(9-7-16-17-8-9)11(14)6-12(13)15/h5-8H,3-4,15H2,1-2H3,(H,16,17). The second kappa shape index (κ2) is 5.71. The van der Waals surface area contributed by atoms with Crippen LogP contribution in [0.25, 0.3) is 11.1 Å². The molecule has 0 atom stereocenters. The Morgan fingerprint density at radius 2 is 2.21 bits per heavy atom. The lowest BCUT2D eigenvalue weighted by atomic mass is 10.1. The number of nitrogens with two attached hydrogens (primary N) is 1. The lowest BCUT2D eigenvalue weighted by Gasteiger charge is -2.13. The van der Waals surface area contributed by atoms with Crippen LogP contribution >= 0.6 is 0 Å². The molecule has 102 valence electrons. The van der Waals surface area contributed by atoms with Crippen LogP contribution in [0.4, 0.5) is 10.1 Å². The molecule has 0 radical (unpaired) electrons. The van der Waals surface area contributed by atoms with Crippen molar-refractivity contribution in [3.05, 3.63) is 30.3 Å². The quantitative estimate of drug-likeness (QED) is 0.807. The van der Waals surface area contributed by atoms with Gasteiger partial charge in [0.25, 0.3) is 0 Å². The highest BCUT2D eigenvalue weighted by Gasteiger charge is 2.11. The van der Waals surface area contributed by atoms with Gasteiger partial charge in [-0.05, 0) is 20.2 Å². The molecule has 1 heterocycles. The van der Waals surface area contributed by atoms with Gasteiger partial charge in [0.2, 0.25) is 0 Å². The molecule has 19 heavy (non-hydrogen) atoms. The van der Waals surface area contributed by atoms with Gasteiger partial charge in [-0.1, -0.05) is 0 Å². The van der Waals surface area contributed by atoms with E-state index in [1.54, 1.807) is 18.5 Å². The van der Waals surface area contributed by atoms with Gasteiger partial charge in [-0.25, -0.2) is 4.39 Å². The zero-order chi connectivity index (χ0) is 13.8. The van der Waals surface area contributed by atoms with E-state index in [0.717, 1.165) is 6.54 Å². The summed E-state index contributed by atoms with van der Waals surface area (Å²) in [6, 6.07) is 2.87. The van der Waals surface area contributed by atoms with Gasteiger partial charge in [-0.15, -0.1) is 0 Å². The third-order valence-corrected chi connectivity index (χ3v) is 2.70. The molecule has 0 fully saturated rings. The summed E-state index contributed by atoms with van der Waals surface area (Å²) < 4.78 is 19.4. The van der Waals surface area contributed by atoms with Crippen LogP contribution < -0.4 is 10.5 Å². The Hall–Kier alpha value is -2.08. The summed E-state index contributed by atoms with van der Waals surface area (Å²) in [5.74, 6) is 0.0957. The van der Waals surface area contributed by atoms with Crippen LogP contribution in [0, 0.1) is 5.82 Å². The van der Waals surface area contributed by atoms with Crippen molar-refractivity contribution in [3.63, 3.8) is 0 Å². The van der Waals surface area contributed by atoms with Gasteiger partial charge >= 0.3 is 0 Å². The van der Waals surface area contributed by atoms with Crippen LogP contribution in [-0.2, 0) is 0 Å². The van der Waals surface area contributed by atoms with Crippen molar-refractivity contribution in [3.8, 4) is 16.9 Å². The number of hydrogen-bond donors (Lipinski definition) is 2. The smallest absolute Gasteiger partial charge is 0.143 e. The molecular formula is C13H17FN4O. The highest BCUT2D eigenvalue weighted by Crippen LogP contribution is 2.31. The van der Waals surface area contributed by atoms with Gasteiger partial charge in [0, 0.05) is 29.9 Å². The molecule has 0 unspecified atom stereocenters. The largest absolute Gasteiger partial charge is 0.490 e. The number of likely N-dealkylation sites (N-methyl/N-ethyl adjacent to an activating group) is 1. The fourth-order valence-corrected chi connectivity index (χ4v) is 1.65. The monoisotopic (exact) mass is 264 g/mol. The minimum atomic E-state index is -0.390. The maximum atomic E-state index is 13.9. The molecule has 0 saturated carbocycles. The number of nitrogen functional groups attached to an aromatic ring is 1. The second-order valence-electron chi connectivity index (χ2n) is 4.51. The number of aromatic amines is 1. The fourth-order valence-electron chi connectivity index (χ4n) is 1.65. The third kappa shape index (κ3) is 3.23. The lowest BCUT2D eigenvalue weighted by molar-refractivity contribution is 0.262. The number of rotatable bonds is 5. The molecule has 1 aromatic heterocycles. The summed E-state index contributed by atoms with van der Waals surface area (Å²) in [5.41, 5.74) is 7.13. The molecule has 5 nitrogen and oxygen atoms in total. The number of ether oxygens (including phenoxy) is 1. The summed E-state index contributed by atoms with van der Waals surface area (Å²) >= 11 is 0. The second-order valence-corrected chi connectivity index (χ2v) is 4.51. The van der Waals surface area contributed by atoms with Gasteiger partial charge in [-0.3, -0.25) is 5.10 Å². The SMILES string of the molecule is CN(C)CCOc1cc(-c2cn[nH]c2)c(F)cc1N. The summed E-state index contributed by atoms with van der Waals surface area (Å²) in [4.78, 5) is 2.00. The number of hydrogen-bond acceptors (Lipinski definition) is 4. The topological polar surface area (TPSA) is 67.2 Å². The summed E-state index contributed by atoms with van der Waals surface area (Å²) in [6.07, 6.45) is 3.18. The van der Waals surface area contributed by atoms with Crippen LogP contribution in [0.2, 0.25) is 0 Å². The van der Waals surface area contributed by atoms with Crippen molar-refractivity contribution < 1.29 is 9.13 Å². The van der Waals surface area contributed by atoms with Gasteiger partial charge in [0.1, 0.15) is 18.2 Å². The van der Waals surface area contributed by atoms with Gasteiger partial charge in [0.15, 0.2) is 0 Å². The Labute approximate surface area is 111 Å². The van der Waals surface area contributed by atoms with Crippen molar-refractivity contribution in [2.24, 2.45) is 0 Å². The van der Waals surface area contributed by atoms with E-state index in [-0.39, 0.29) is 5.82 Å². The van der Waals surface area contributed by atoms with Crippen LogP contribution in [0.3, 0.4) is 0 Å². The van der Waals surface area contributed by atoms with Crippen molar-refractivity contribution >= 4 is 5.69 Å². The number of halogens is 1. The van der Waals surface area contributed by atoms with Crippen LogP contribution in [0.15, 0.2) is 24.5 Å². The number of anilines is 1. The van der Waals surface area contributed by atoms with Gasteiger partial charge in [0.05, 0.1) is 11.9 Å². The first kappa shape index (κ1) is 13.4. The predicted molar refractivity (Wildman–Crippen MR) is 72.4 cm³/mol. The highest BCUT2D eigenvalue weighted by atomic mass is 19.1. The van der Waals surface area contributed by atoms with Crippen LogP contribution in [0.1, 0.15) is 0 Å².